The number of aryl methyl sites for hydroxylation is 1. The molecule has 2 aromatic heterocycles. The summed E-state index contributed by atoms with van der Waals surface area (Å²) in [5.41, 5.74) is -0.212. The highest BCUT2D eigenvalue weighted by atomic mass is 16.6. The fourth-order valence-corrected chi connectivity index (χ4v) is 2.75. The van der Waals surface area contributed by atoms with Crippen LogP contribution in [0.5, 0.6) is 0 Å². The van der Waals surface area contributed by atoms with E-state index in [1.807, 2.05) is 70.3 Å². The van der Waals surface area contributed by atoms with Crippen LogP contribution in [0.4, 0.5) is 4.79 Å². The topological polar surface area (TPSA) is 105 Å². The number of aliphatic imine (C=N–C) groups is 1. The molecule has 0 aliphatic rings. The van der Waals surface area contributed by atoms with Crippen LogP contribution in [0.15, 0.2) is 29.4 Å². The van der Waals surface area contributed by atoms with E-state index in [9.17, 15) is 4.79 Å². The first kappa shape index (κ1) is 23.4. The zero-order valence-corrected chi connectivity index (χ0v) is 19.0. The van der Waals surface area contributed by atoms with Crippen molar-refractivity contribution in [2.24, 2.45) is 4.99 Å². The molecule has 2 aromatic rings. The first-order valence-corrected chi connectivity index (χ1v) is 10.4. The molecule has 0 unspecified atom stereocenters. The van der Waals surface area contributed by atoms with Crippen molar-refractivity contribution in [3.8, 4) is 0 Å². The molecular weight excluding hydrogens is 382 g/mol. The van der Waals surface area contributed by atoms with Crippen molar-refractivity contribution in [1.29, 1.82) is 0 Å². The number of rotatable bonds is 8. The van der Waals surface area contributed by atoms with Crippen LogP contribution in [0.25, 0.3) is 5.65 Å². The number of ether oxygens (including phenoxy) is 1. The van der Waals surface area contributed by atoms with Crippen molar-refractivity contribution in [3.05, 3.63) is 30.2 Å². The predicted molar refractivity (Wildman–Crippen MR) is 119 cm³/mol. The molecule has 0 aliphatic carbocycles. The number of carbonyl (C=O) groups is 1. The minimum absolute atomic E-state index is 0.413. The van der Waals surface area contributed by atoms with Gasteiger partial charge in [0.25, 0.3) is 0 Å². The third kappa shape index (κ3) is 7.88. The molecule has 0 aromatic carbocycles. The standard InChI is InChI=1S/C21H35N7O2/c1-7-22-18(24-15-21(5,6)25-19(29)30-20(2,3)4)23-13-10-12-17-27-26-16-11-8-9-14-28(16)17/h8-9,11,14H,7,10,12-13,15H2,1-6H3,(H,25,29)(H2,22,23,24). The minimum atomic E-state index is -0.537. The van der Waals surface area contributed by atoms with Gasteiger partial charge in [0.05, 0.1) is 12.1 Å². The second kappa shape index (κ2) is 10.3. The molecule has 2 heterocycles. The summed E-state index contributed by atoms with van der Waals surface area (Å²) in [4.78, 5) is 16.6. The number of hydrogen-bond acceptors (Lipinski definition) is 5. The quantitative estimate of drug-likeness (QED) is 0.346. The van der Waals surface area contributed by atoms with E-state index < -0.39 is 17.2 Å². The number of alkyl carbamates (subject to hydrolysis) is 1. The van der Waals surface area contributed by atoms with Gasteiger partial charge >= 0.3 is 6.09 Å². The molecule has 3 N–H and O–H groups in total. The molecule has 0 spiro atoms. The average molecular weight is 418 g/mol. The predicted octanol–water partition coefficient (Wildman–Crippen LogP) is 2.52. The van der Waals surface area contributed by atoms with Gasteiger partial charge in [0.2, 0.25) is 0 Å². The first-order chi connectivity index (χ1) is 14.1. The molecule has 2 rings (SSSR count). The lowest BCUT2D eigenvalue weighted by Gasteiger charge is -2.27. The van der Waals surface area contributed by atoms with Gasteiger partial charge in [-0.2, -0.15) is 0 Å². The van der Waals surface area contributed by atoms with Crippen molar-refractivity contribution in [2.75, 3.05) is 19.6 Å². The number of aromatic nitrogens is 3. The van der Waals surface area contributed by atoms with Crippen LogP contribution in [0, 0.1) is 0 Å². The number of carbonyl (C=O) groups excluding carboxylic acids is 1. The molecule has 0 radical (unpaired) electrons. The number of hydrogen-bond donors (Lipinski definition) is 3. The number of guanidine groups is 1. The van der Waals surface area contributed by atoms with Crippen LogP contribution < -0.4 is 16.0 Å². The summed E-state index contributed by atoms with van der Waals surface area (Å²) < 4.78 is 7.33. The lowest BCUT2D eigenvalue weighted by Crippen LogP contribution is -2.49. The van der Waals surface area contributed by atoms with Gasteiger partial charge in [-0.1, -0.05) is 6.07 Å². The molecule has 30 heavy (non-hydrogen) atoms. The van der Waals surface area contributed by atoms with E-state index in [1.165, 1.54) is 0 Å². The van der Waals surface area contributed by atoms with E-state index in [0.29, 0.717) is 12.5 Å². The Bertz CT molecular complexity index is 852. The highest BCUT2D eigenvalue weighted by Crippen LogP contribution is 2.10. The summed E-state index contributed by atoms with van der Waals surface area (Å²) >= 11 is 0. The van der Waals surface area contributed by atoms with E-state index >= 15 is 0 Å². The van der Waals surface area contributed by atoms with Crippen molar-refractivity contribution >= 4 is 17.7 Å². The van der Waals surface area contributed by atoms with Gasteiger partial charge in [0.15, 0.2) is 11.6 Å². The zero-order valence-electron chi connectivity index (χ0n) is 19.0. The Morgan fingerprint density at radius 3 is 2.63 bits per heavy atom. The fraction of sp³-hybridized carbons (Fsp3) is 0.619. The van der Waals surface area contributed by atoms with Gasteiger partial charge in [0, 0.05) is 25.7 Å². The molecule has 9 nitrogen and oxygen atoms in total. The third-order valence-corrected chi connectivity index (χ3v) is 4.07. The Balaban J connectivity index is 1.83. The maximum Gasteiger partial charge on any atom is 0.408 e. The van der Waals surface area contributed by atoms with Crippen LogP contribution in [0.1, 0.15) is 53.8 Å². The molecule has 0 bridgehead atoms. The van der Waals surface area contributed by atoms with E-state index in [4.69, 9.17) is 4.74 Å². The Morgan fingerprint density at radius 2 is 1.93 bits per heavy atom. The fourth-order valence-electron chi connectivity index (χ4n) is 2.75. The average Bonchev–Trinajstić information content (AvgIpc) is 3.04. The molecule has 0 atom stereocenters. The van der Waals surface area contributed by atoms with Crippen molar-refractivity contribution in [2.45, 2.75) is 65.5 Å². The largest absolute Gasteiger partial charge is 0.444 e. The molecular formula is C21H35N7O2. The highest BCUT2D eigenvalue weighted by Gasteiger charge is 2.24. The monoisotopic (exact) mass is 417 g/mol. The molecule has 166 valence electrons. The summed E-state index contributed by atoms with van der Waals surface area (Å²) in [6.07, 6.45) is 3.23. The summed E-state index contributed by atoms with van der Waals surface area (Å²) in [5, 5.41) is 17.9. The smallest absolute Gasteiger partial charge is 0.408 e. The Kier molecular flexibility index (Phi) is 8.02. The van der Waals surface area contributed by atoms with Crippen LogP contribution >= 0.6 is 0 Å². The maximum absolute atomic E-state index is 12.0. The van der Waals surface area contributed by atoms with Crippen LogP contribution in [0.2, 0.25) is 0 Å². The number of pyridine rings is 1. The van der Waals surface area contributed by atoms with E-state index in [1.54, 1.807) is 0 Å². The number of fused-ring (bicyclic) bond motifs is 1. The van der Waals surface area contributed by atoms with Gasteiger partial charge in [-0.05, 0) is 60.1 Å². The number of amides is 1. The Labute approximate surface area is 178 Å². The second-order valence-corrected chi connectivity index (χ2v) is 8.78. The molecule has 0 fully saturated rings. The molecule has 0 saturated carbocycles. The Morgan fingerprint density at radius 1 is 1.17 bits per heavy atom. The summed E-state index contributed by atoms with van der Waals surface area (Å²) in [5.74, 6) is 1.65. The summed E-state index contributed by atoms with van der Waals surface area (Å²) in [6.45, 7) is 13.3. The lowest BCUT2D eigenvalue weighted by molar-refractivity contribution is 0.0476. The summed E-state index contributed by atoms with van der Waals surface area (Å²) in [6, 6.07) is 5.87. The van der Waals surface area contributed by atoms with E-state index in [-0.39, 0.29) is 0 Å². The number of nitrogens with zero attached hydrogens (tertiary/aromatic N) is 4. The molecule has 9 heteroatoms. The van der Waals surface area contributed by atoms with Crippen molar-refractivity contribution in [1.82, 2.24) is 30.5 Å². The minimum Gasteiger partial charge on any atom is -0.444 e. The van der Waals surface area contributed by atoms with Crippen molar-refractivity contribution < 1.29 is 9.53 Å². The maximum atomic E-state index is 12.0. The first-order valence-electron chi connectivity index (χ1n) is 10.4. The van der Waals surface area contributed by atoms with E-state index in [0.717, 1.165) is 37.4 Å². The van der Waals surface area contributed by atoms with Crippen LogP contribution in [0.3, 0.4) is 0 Å². The lowest BCUT2D eigenvalue weighted by atomic mass is 10.1. The van der Waals surface area contributed by atoms with Crippen LogP contribution in [-0.4, -0.2) is 57.4 Å². The second-order valence-electron chi connectivity index (χ2n) is 8.78. The third-order valence-electron chi connectivity index (χ3n) is 4.07. The SMILES string of the molecule is CCNC(=NCC(C)(C)NC(=O)OC(C)(C)C)NCCCc1nnc2ccccn12. The van der Waals surface area contributed by atoms with Gasteiger partial charge in [-0.15, -0.1) is 10.2 Å². The number of nitrogens with one attached hydrogen (secondary N) is 3. The van der Waals surface area contributed by atoms with Crippen molar-refractivity contribution in [3.63, 3.8) is 0 Å². The van der Waals surface area contributed by atoms with Gasteiger partial charge in [0.1, 0.15) is 11.4 Å². The van der Waals surface area contributed by atoms with Crippen LogP contribution in [-0.2, 0) is 11.2 Å². The van der Waals surface area contributed by atoms with E-state index in [2.05, 4.69) is 31.1 Å². The normalized spacial score (nSPS) is 12.7. The summed E-state index contributed by atoms with van der Waals surface area (Å²) in [7, 11) is 0. The molecule has 0 aliphatic heterocycles. The molecule has 0 saturated heterocycles. The van der Waals surface area contributed by atoms with Gasteiger partial charge < -0.3 is 20.7 Å². The van der Waals surface area contributed by atoms with Gasteiger partial charge in [-0.25, -0.2) is 4.79 Å². The van der Waals surface area contributed by atoms with Gasteiger partial charge in [-0.3, -0.25) is 9.39 Å². The Hall–Kier alpha value is -2.84. The zero-order chi connectivity index (χ0) is 22.2. The molecule has 1 amide bonds. The highest BCUT2D eigenvalue weighted by molar-refractivity contribution is 5.79.